The fourth-order valence-corrected chi connectivity index (χ4v) is 3.88. The van der Waals surface area contributed by atoms with E-state index in [1.165, 1.54) is 6.08 Å². The van der Waals surface area contributed by atoms with Crippen LogP contribution in [0, 0.1) is 0 Å². The Morgan fingerprint density at radius 1 is 1.12 bits per heavy atom. The van der Waals surface area contributed by atoms with Crippen molar-refractivity contribution in [2.24, 2.45) is 0 Å². The van der Waals surface area contributed by atoms with Gasteiger partial charge in [-0.15, -0.1) is 0 Å². The number of rotatable bonds is 9. The van der Waals surface area contributed by atoms with Crippen LogP contribution in [-0.2, 0) is 9.53 Å². The van der Waals surface area contributed by atoms with E-state index >= 15 is 0 Å². The fraction of sp³-hybridized carbons (Fsp3) is 0.519. The second-order valence-corrected chi connectivity index (χ2v) is 9.03. The number of benzene rings is 1. The molecule has 1 aromatic rings. The summed E-state index contributed by atoms with van der Waals surface area (Å²) in [6, 6.07) is 3.96. The summed E-state index contributed by atoms with van der Waals surface area (Å²) in [7, 11) is 0. The average molecular weight is 465 g/mol. The van der Waals surface area contributed by atoms with Gasteiger partial charge in [-0.3, -0.25) is 0 Å². The minimum atomic E-state index is -4.41. The van der Waals surface area contributed by atoms with Crippen LogP contribution in [0.15, 0.2) is 41.5 Å². The number of esters is 1. The van der Waals surface area contributed by atoms with Gasteiger partial charge < -0.3 is 9.47 Å². The number of carbonyl (C=O) groups is 1. The number of halogens is 3. The third kappa shape index (κ3) is 7.79. The van der Waals surface area contributed by atoms with Gasteiger partial charge in [-0.1, -0.05) is 45.9 Å². The van der Waals surface area contributed by atoms with Crippen molar-refractivity contribution >= 4 is 11.5 Å². The summed E-state index contributed by atoms with van der Waals surface area (Å²) in [5, 5.41) is 0. The highest BCUT2D eigenvalue weighted by atomic mass is 19.4. The molecular formula is C27H35F3O3. The highest BCUT2D eigenvalue weighted by molar-refractivity contribution is 5.83. The van der Waals surface area contributed by atoms with E-state index in [9.17, 15) is 18.0 Å². The highest BCUT2D eigenvalue weighted by Crippen LogP contribution is 2.44. The predicted molar refractivity (Wildman–Crippen MR) is 126 cm³/mol. The quantitative estimate of drug-likeness (QED) is 0.212. The number of hydrogen-bond acceptors (Lipinski definition) is 3. The molecule has 0 saturated heterocycles. The Morgan fingerprint density at radius 3 is 2.39 bits per heavy atom. The zero-order valence-corrected chi connectivity index (χ0v) is 20.4. The van der Waals surface area contributed by atoms with Crippen molar-refractivity contribution in [2.45, 2.75) is 78.8 Å². The Kier molecular flexibility index (Phi) is 9.38. The van der Waals surface area contributed by atoms with Crippen LogP contribution in [0.4, 0.5) is 13.2 Å². The summed E-state index contributed by atoms with van der Waals surface area (Å²) in [6.45, 7) is 10.7. The van der Waals surface area contributed by atoms with Crippen LogP contribution < -0.4 is 4.74 Å². The third-order valence-electron chi connectivity index (χ3n) is 5.57. The largest absolute Gasteiger partial charge is 0.483 e. The first-order valence-corrected chi connectivity index (χ1v) is 11.6. The Morgan fingerprint density at radius 2 is 1.82 bits per heavy atom. The van der Waals surface area contributed by atoms with Crippen LogP contribution in [0.5, 0.6) is 5.75 Å². The highest BCUT2D eigenvalue weighted by Gasteiger charge is 2.31. The second kappa shape index (κ2) is 11.6. The maximum atomic E-state index is 13.0. The molecule has 0 radical (unpaired) electrons. The first-order chi connectivity index (χ1) is 15.4. The summed E-state index contributed by atoms with van der Waals surface area (Å²) in [4.78, 5) is 11.7. The van der Waals surface area contributed by atoms with E-state index in [4.69, 9.17) is 9.47 Å². The molecule has 0 bridgehead atoms. The van der Waals surface area contributed by atoms with Gasteiger partial charge in [-0.2, -0.15) is 13.2 Å². The molecule has 0 N–H and O–H groups in total. The summed E-state index contributed by atoms with van der Waals surface area (Å²) >= 11 is 0. The molecular weight excluding hydrogens is 429 g/mol. The maximum absolute atomic E-state index is 13.0. The molecule has 0 aliphatic heterocycles. The minimum Gasteiger partial charge on any atom is -0.483 e. The SMILES string of the molecule is CCOC(=O)/C=C(C)/C=C/C1=C(c2cc(C(C)C)cc(C(C)C)c2OCC(F)(F)F)CCC1. The lowest BCUT2D eigenvalue weighted by atomic mass is 9.88. The Bertz CT molecular complexity index is 935. The van der Waals surface area contributed by atoms with Crippen molar-refractivity contribution in [2.75, 3.05) is 13.2 Å². The van der Waals surface area contributed by atoms with Gasteiger partial charge in [-0.25, -0.2) is 4.79 Å². The molecule has 0 aromatic heterocycles. The van der Waals surface area contributed by atoms with E-state index in [1.807, 2.05) is 45.1 Å². The van der Waals surface area contributed by atoms with Gasteiger partial charge >= 0.3 is 12.1 Å². The lowest BCUT2D eigenvalue weighted by Crippen LogP contribution is -2.20. The van der Waals surface area contributed by atoms with E-state index in [0.29, 0.717) is 12.4 Å². The zero-order chi connectivity index (χ0) is 24.8. The zero-order valence-electron chi connectivity index (χ0n) is 20.4. The topological polar surface area (TPSA) is 35.5 Å². The van der Waals surface area contributed by atoms with E-state index in [2.05, 4.69) is 13.8 Å². The van der Waals surface area contributed by atoms with E-state index in [0.717, 1.165) is 52.7 Å². The van der Waals surface area contributed by atoms with E-state index in [-0.39, 0.29) is 11.8 Å². The van der Waals surface area contributed by atoms with Crippen LogP contribution >= 0.6 is 0 Å². The van der Waals surface area contributed by atoms with Crippen molar-refractivity contribution in [1.29, 1.82) is 0 Å². The summed E-state index contributed by atoms with van der Waals surface area (Å²) in [6.07, 6.45) is 3.33. The standard InChI is InChI=1S/C27H35F3O3/c1-7-32-25(31)13-19(6)11-12-20-9-8-10-22(20)24-15-21(17(2)3)14-23(18(4)5)26(24)33-16-27(28,29)30/h11-15,17-18H,7-10,16H2,1-6H3/b12-11+,19-13+. The van der Waals surface area contributed by atoms with Gasteiger partial charge in [0.05, 0.1) is 6.61 Å². The average Bonchev–Trinajstić information content (AvgIpc) is 3.17. The van der Waals surface area contributed by atoms with Crippen molar-refractivity contribution in [1.82, 2.24) is 0 Å². The monoisotopic (exact) mass is 464 g/mol. The van der Waals surface area contributed by atoms with Gasteiger partial charge in [0.25, 0.3) is 0 Å². The molecule has 0 amide bonds. The number of ether oxygens (including phenoxy) is 2. The summed E-state index contributed by atoms with van der Waals surface area (Å²) in [5.74, 6) is 0.178. The predicted octanol–water partition coefficient (Wildman–Crippen LogP) is 7.88. The van der Waals surface area contributed by atoms with Gasteiger partial charge in [0.1, 0.15) is 5.75 Å². The van der Waals surface area contributed by atoms with Crippen LogP contribution in [0.1, 0.15) is 89.3 Å². The number of carbonyl (C=O) groups excluding carboxylic acids is 1. The normalized spacial score (nSPS) is 15.3. The molecule has 0 fully saturated rings. The van der Waals surface area contributed by atoms with E-state index < -0.39 is 18.8 Å². The molecule has 0 spiro atoms. The van der Waals surface area contributed by atoms with Crippen molar-refractivity contribution in [3.63, 3.8) is 0 Å². The molecule has 2 rings (SSSR count). The smallest absolute Gasteiger partial charge is 0.422 e. The molecule has 0 saturated carbocycles. The number of alkyl halides is 3. The molecule has 6 heteroatoms. The molecule has 1 aliphatic rings. The van der Waals surface area contributed by atoms with Crippen LogP contribution in [0.25, 0.3) is 5.57 Å². The Labute approximate surface area is 195 Å². The maximum Gasteiger partial charge on any atom is 0.422 e. The first-order valence-electron chi connectivity index (χ1n) is 11.6. The van der Waals surface area contributed by atoms with Gasteiger partial charge in [0.15, 0.2) is 6.61 Å². The Hall–Kier alpha value is -2.50. The van der Waals surface area contributed by atoms with Crippen molar-refractivity contribution in [3.05, 3.63) is 58.2 Å². The van der Waals surface area contributed by atoms with Crippen molar-refractivity contribution < 1.29 is 27.4 Å². The molecule has 1 aromatic carbocycles. The van der Waals surface area contributed by atoms with Crippen LogP contribution in [-0.4, -0.2) is 25.4 Å². The summed E-state index contributed by atoms with van der Waals surface area (Å²) in [5.41, 5.74) is 5.43. The molecule has 1 aliphatic carbocycles. The van der Waals surface area contributed by atoms with Crippen molar-refractivity contribution in [3.8, 4) is 5.75 Å². The number of allylic oxidation sites excluding steroid dienone is 5. The fourth-order valence-electron chi connectivity index (χ4n) is 3.88. The summed E-state index contributed by atoms with van der Waals surface area (Å²) < 4.78 is 49.5. The van der Waals surface area contributed by atoms with Crippen LogP contribution in [0.3, 0.4) is 0 Å². The molecule has 182 valence electrons. The number of hydrogen-bond donors (Lipinski definition) is 0. The van der Waals surface area contributed by atoms with Gasteiger partial charge in [-0.05, 0) is 78.9 Å². The van der Waals surface area contributed by atoms with Gasteiger partial charge in [0, 0.05) is 11.6 Å². The van der Waals surface area contributed by atoms with Crippen LogP contribution in [0.2, 0.25) is 0 Å². The first kappa shape index (κ1) is 26.7. The molecule has 0 atom stereocenters. The molecule has 0 unspecified atom stereocenters. The third-order valence-corrected chi connectivity index (χ3v) is 5.57. The minimum absolute atomic E-state index is 0.0152. The van der Waals surface area contributed by atoms with E-state index in [1.54, 1.807) is 6.92 Å². The molecule has 3 nitrogen and oxygen atoms in total. The second-order valence-electron chi connectivity index (χ2n) is 9.03. The molecule has 33 heavy (non-hydrogen) atoms. The van der Waals surface area contributed by atoms with Gasteiger partial charge in [0.2, 0.25) is 0 Å². The molecule has 0 heterocycles. The Balaban J connectivity index is 2.58. The lowest BCUT2D eigenvalue weighted by Gasteiger charge is -2.23. The lowest BCUT2D eigenvalue weighted by molar-refractivity contribution is -0.153.